The lowest BCUT2D eigenvalue weighted by Crippen LogP contribution is -2.20. The topological polar surface area (TPSA) is 57.6 Å². The molecule has 4 nitrogen and oxygen atoms in total. The highest BCUT2D eigenvalue weighted by molar-refractivity contribution is 7.85. The third-order valence-electron chi connectivity index (χ3n) is 2.92. The normalized spacial score (nSPS) is 14.0. The van der Waals surface area contributed by atoms with Gasteiger partial charge in [-0.3, -0.25) is 4.55 Å². The molecule has 0 radical (unpaired) electrons. The third-order valence-corrected chi connectivity index (χ3v) is 3.77. The van der Waals surface area contributed by atoms with E-state index in [-0.39, 0.29) is 10.9 Å². The molecule has 5 heteroatoms. The van der Waals surface area contributed by atoms with Crippen LogP contribution in [0.25, 0.3) is 0 Å². The summed E-state index contributed by atoms with van der Waals surface area (Å²) in [6.45, 7) is 3.99. The number of rotatable bonds is 4. The Balaban J connectivity index is 3.33. The number of nitrogens with zero attached hydrogens (tertiary/aromatic N) is 1. The highest BCUT2D eigenvalue weighted by Gasteiger charge is 2.18. The van der Waals surface area contributed by atoms with Crippen LogP contribution >= 0.6 is 0 Å². The predicted octanol–water partition coefficient (Wildman–Crippen LogP) is 2.25. The van der Waals surface area contributed by atoms with Gasteiger partial charge >= 0.3 is 0 Å². The molecule has 1 N–H and O–H groups in total. The van der Waals surface area contributed by atoms with Crippen molar-refractivity contribution in [2.24, 2.45) is 0 Å². The zero-order chi connectivity index (χ0) is 13.2. The molecule has 0 amide bonds. The first-order valence-corrected chi connectivity index (χ1v) is 6.95. The first kappa shape index (κ1) is 14.2. The summed E-state index contributed by atoms with van der Waals surface area (Å²) in [4.78, 5) is 1.99. The fourth-order valence-corrected chi connectivity index (χ4v) is 2.52. The Hall–Kier alpha value is -0.910. The van der Waals surface area contributed by atoms with Crippen molar-refractivity contribution in [2.75, 3.05) is 14.1 Å². The van der Waals surface area contributed by atoms with Gasteiger partial charge in [-0.2, -0.15) is 8.42 Å². The molecule has 0 aromatic heterocycles. The van der Waals surface area contributed by atoms with E-state index >= 15 is 0 Å². The zero-order valence-electron chi connectivity index (χ0n) is 10.6. The molecule has 0 heterocycles. The van der Waals surface area contributed by atoms with E-state index < -0.39 is 10.1 Å². The molecule has 0 spiro atoms. The largest absolute Gasteiger partial charge is 0.302 e. The average molecular weight is 257 g/mol. The molecule has 0 aliphatic carbocycles. The van der Waals surface area contributed by atoms with Gasteiger partial charge in [-0.15, -0.1) is 0 Å². The molecule has 0 saturated carbocycles. The molecule has 0 aliphatic rings. The van der Waals surface area contributed by atoms with Crippen molar-refractivity contribution in [3.63, 3.8) is 0 Å². The molecular formula is C12H19NO3S. The SMILES string of the molecule is CCC(c1cc(S(=O)(=O)O)ccc1C)N(C)C. The second kappa shape index (κ2) is 5.16. The first-order valence-electron chi connectivity index (χ1n) is 5.51. The van der Waals surface area contributed by atoms with E-state index in [9.17, 15) is 8.42 Å². The van der Waals surface area contributed by atoms with E-state index in [2.05, 4.69) is 0 Å². The highest BCUT2D eigenvalue weighted by Crippen LogP contribution is 2.27. The van der Waals surface area contributed by atoms with Crippen molar-refractivity contribution in [3.8, 4) is 0 Å². The molecule has 0 saturated heterocycles. The summed E-state index contributed by atoms with van der Waals surface area (Å²) in [5, 5.41) is 0. The fraction of sp³-hybridized carbons (Fsp3) is 0.500. The fourth-order valence-electron chi connectivity index (χ4n) is 2.00. The van der Waals surface area contributed by atoms with E-state index in [1.807, 2.05) is 32.8 Å². The predicted molar refractivity (Wildman–Crippen MR) is 67.7 cm³/mol. The second-order valence-electron chi connectivity index (χ2n) is 4.38. The molecule has 1 atom stereocenters. The Kier molecular flexibility index (Phi) is 4.30. The van der Waals surface area contributed by atoms with Gasteiger partial charge in [0, 0.05) is 6.04 Å². The zero-order valence-corrected chi connectivity index (χ0v) is 11.5. The Morgan fingerprint density at radius 2 is 1.94 bits per heavy atom. The highest BCUT2D eigenvalue weighted by atomic mass is 32.2. The van der Waals surface area contributed by atoms with Gasteiger partial charge < -0.3 is 4.90 Å². The summed E-state index contributed by atoms with van der Waals surface area (Å²) >= 11 is 0. The summed E-state index contributed by atoms with van der Waals surface area (Å²) in [6, 6.07) is 4.86. The van der Waals surface area contributed by atoms with Gasteiger partial charge in [0.05, 0.1) is 4.90 Å². The monoisotopic (exact) mass is 257 g/mol. The van der Waals surface area contributed by atoms with Crippen LogP contribution in [0.1, 0.15) is 30.5 Å². The van der Waals surface area contributed by atoms with Crippen LogP contribution in [0.5, 0.6) is 0 Å². The smallest absolute Gasteiger partial charge is 0.294 e. The van der Waals surface area contributed by atoms with Crippen LogP contribution in [-0.2, 0) is 10.1 Å². The molecular weight excluding hydrogens is 238 g/mol. The quantitative estimate of drug-likeness (QED) is 0.841. The molecule has 1 aromatic carbocycles. The molecule has 0 aliphatic heterocycles. The maximum atomic E-state index is 11.1. The van der Waals surface area contributed by atoms with Gasteiger partial charge in [0.2, 0.25) is 0 Å². The van der Waals surface area contributed by atoms with Crippen LogP contribution in [0.2, 0.25) is 0 Å². The van der Waals surface area contributed by atoms with Gasteiger partial charge in [0.1, 0.15) is 0 Å². The molecule has 0 fully saturated rings. The maximum absolute atomic E-state index is 11.1. The number of hydrogen-bond donors (Lipinski definition) is 1. The lowest BCUT2D eigenvalue weighted by molar-refractivity contribution is 0.290. The number of hydrogen-bond acceptors (Lipinski definition) is 3. The summed E-state index contributed by atoms with van der Waals surface area (Å²) in [5.74, 6) is 0. The molecule has 1 unspecified atom stereocenters. The third kappa shape index (κ3) is 3.28. The summed E-state index contributed by atoms with van der Waals surface area (Å²) in [6.07, 6.45) is 0.878. The second-order valence-corrected chi connectivity index (χ2v) is 5.80. The van der Waals surface area contributed by atoms with Crippen molar-refractivity contribution in [1.82, 2.24) is 4.90 Å². The van der Waals surface area contributed by atoms with Crippen LogP contribution in [-0.4, -0.2) is 32.0 Å². The van der Waals surface area contributed by atoms with Gasteiger partial charge in [-0.05, 0) is 50.7 Å². The lowest BCUT2D eigenvalue weighted by Gasteiger charge is -2.25. The van der Waals surface area contributed by atoms with Crippen LogP contribution < -0.4 is 0 Å². The summed E-state index contributed by atoms with van der Waals surface area (Å²) in [5.41, 5.74) is 1.96. The van der Waals surface area contributed by atoms with Crippen LogP contribution in [0.4, 0.5) is 0 Å². The van der Waals surface area contributed by atoms with Crippen molar-refractivity contribution in [3.05, 3.63) is 29.3 Å². The number of aryl methyl sites for hydroxylation is 1. The molecule has 0 bridgehead atoms. The Morgan fingerprint density at radius 1 is 1.35 bits per heavy atom. The average Bonchev–Trinajstić information content (AvgIpc) is 2.19. The summed E-state index contributed by atoms with van der Waals surface area (Å²) < 4.78 is 31.3. The Bertz CT molecular complexity index is 494. The maximum Gasteiger partial charge on any atom is 0.294 e. The number of benzene rings is 1. The Labute approximate surface area is 103 Å². The van der Waals surface area contributed by atoms with E-state index in [4.69, 9.17) is 4.55 Å². The lowest BCUT2D eigenvalue weighted by atomic mass is 9.99. The summed E-state index contributed by atoms with van der Waals surface area (Å²) in [7, 11) is -0.224. The van der Waals surface area contributed by atoms with Gasteiger partial charge in [0.25, 0.3) is 10.1 Å². The minimum Gasteiger partial charge on any atom is -0.302 e. The minimum atomic E-state index is -4.13. The van der Waals surface area contributed by atoms with E-state index in [0.717, 1.165) is 17.5 Å². The molecule has 96 valence electrons. The Morgan fingerprint density at radius 3 is 2.35 bits per heavy atom. The van der Waals surface area contributed by atoms with Crippen LogP contribution in [0, 0.1) is 6.92 Å². The van der Waals surface area contributed by atoms with Crippen LogP contribution in [0.3, 0.4) is 0 Å². The van der Waals surface area contributed by atoms with Gasteiger partial charge in [-0.25, -0.2) is 0 Å². The van der Waals surface area contributed by atoms with Crippen molar-refractivity contribution in [2.45, 2.75) is 31.2 Å². The minimum absolute atomic E-state index is 0.0431. The standard InChI is InChI=1S/C12H19NO3S/c1-5-12(13(3)4)11-8-10(17(14,15)16)7-6-9(11)2/h6-8,12H,5H2,1-4H3,(H,14,15,16). The van der Waals surface area contributed by atoms with Crippen LogP contribution in [0.15, 0.2) is 23.1 Å². The van der Waals surface area contributed by atoms with Crippen molar-refractivity contribution >= 4 is 10.1 Å². The van der Waals surface area contributed by atoms with Gasteiger partial charge in [-0.1, -0.05) is 13.0 Å². The van der Waals surface area contributed by atoms with Crippen molar-refractivity contribution in [1.29, 1.82) is 0 Å². The van der Waals surface area contributed by atoms with E-state index in [1.165, 1.54) is 6.07 Å². The van der Waals surface area contributed by atoms with Crippen molar-refractivity contribution < 1.29 is 13.0 Å². The molecule has 17 heavy (non-hydrogen) atoms. The van der Waals surface area contributed by atoms with E-state index in [1.54, 1.807) is 12.1 Å². The molecule has 1 aromatic rings. The van der Waals surface area contributed by atoms with Gasteiger partial charge in [0.15, 0.2) is 0 Å². The molecule has 1 rings (SSSR count). The first-order chi connectivity index (χ1) is 7.77. The van der Waals surface area contributed by atoms with E-state index in [0.29, 0.717) is 0 Å².